The smallest absolute Gasteiger partial charge is 0.253 e. The molecule has 4 nitrogen and oxygen atoms in total. The first-order valence-corrected chi connectivity index (χ1v) is 9.30. The van der Waals surface area contributed by atoms with Crippen LogP contribution in [0.4, 0.5) is 4.39 Å². The highest BCUT2D eigenvalue weighted by molar-refractivity contribution is 5.99. The summed E-state index contributed by atoms with van der Waals surface area (Å²) in [7, 11) is 0. The molecule has 1 unspecified atom stereocenters. The summed E-state index contributed by atoms with van der Waals surface area (Å²) in [6, 6.07) is 12.7. The Morgan fingerprint density at radius 3 is 2.30 bits per heavy atom. The molecule has 142 valence electrons. The van der Waals surface area contributed by atoms with Gasteiger partial charge in [0.25, 0.3) is 5.91 Å². The van der Waals surface area contributed by atoms with Crippen molar-refractivity contribution in [2.24, 2.45) is 5.92 Å². The summed E-state index contributed by atoms with van der Waals surface area (Å²) in [5, 5.41) is 0. The fraction of sp³-hybridized carbons (Fsp3) is 0.364. The van der Waals surface area contributed by atoms with Gasteiger partial charge in [0.2, 0.25) is 0 Å². The van der Waals surface area contributed by atoms with Gasteiger partial charge in [0.1, 0.15) is 11.6 Å². The van der Waals surface area contributed by atoms with Crippen LogP contribution in [0.25, 0.3) is 0 Å². The van der Waals surface area contributed by atoms with Crippen molar-refractivity contribution >= 4 is 11.7 Å². The number of ether oxygens (including phenoxy) is 1. The normalized spacial score (nSPS) is 17.0. The number of hydrogen-bond donors (Lipinski definition) is 0. The van der Waals surface area contributed by atoms with Gasteiger partial charge in [-0.15, -0.1) is 0 Å². The number of carbonyl (C=O) groups is 2. The third-order valence-electron chi connectivity index (χ3n) is 4.68. The lowest BCUT2D eigenvalue weighted by atomic mass is 9.89. The Bertz CT molecular complexity index is 799. The fourth-order valence-corrected chi connectivity index (χ4v) is 3.36. The number of hydrogen-bond acceptors (Lipinski definition) is 3. The van der Waals surface area contributed by atoms with E-state index in [0.717, 1.165) is 18.6 Å². The monoisotopic (exact) mass is 369 g/mol. The number of piperidine rings is 1. The van der Waals surface area contributed by atoms with Crippen LogP contribution in [0, 0.1) is 11.7 Å². The minimum atomic E-state index is -0.364. The molecule has 2 aromatic rings. The third-order valence-corrected chi connectivity index (χ3v) is 4.68. The number of ketones is 1. The lowest BCUT2D eigenvalue weighted by molar-refractivity contribution is 0.0637. The van der Waals surface area contributed by atoms with E-state index in [1.54, 1.807) is 29.2 Å². The van der Waals surface area contributed by atoms with Gasteiger partial charge >= 0.3 is 0 Å². The molecule has 1 atom stereocenters. The average molecular weight is 369 g/mol. The van der Waals surface area contributed by atoms with Gasteiger partial charge < -0.3 is 9.64 Å². The molecule has 0 spiro atoms. The maximum Gasteiger partial charge on any atom is 0.253 e. The van der Waals surface area contributed by atoms with Crippen LogP contribution in [0.3, 0.4) is 0 Å². The fourth-order valence-electron chi connectivity index (χ4n) is 3.36. The molecular formula is C22H24FNO3. The van der Waals surface area contributed by atoms with Crippen LogP contribution in [-0.2, 0) is 0 Å². The summed E-state index contributed by atoms with van der Waals surface area (Å²) in [4.78, 5) is 27.2. The molecule has 2 aromatic carbocycles. The van der Waals surface area contributed by atoms with Crippen LogP contribution in [0.2, 0.25) is 0 Å². The molecule has 0 N–H and O–H groups in total. The molecule has 1 aliphatic rings. The minimum Gasteiger partial charge on any atom is -0.491 e. The number of amides is 1. The number of Topliss-reactive ketones (excluding diaryl/α,β-unsaturated/α-hetero) is 1. The number of benzene rings is 2. The van der Waals surface area contributed by atoms with E-state index >= 15 is 0 Å². The van der Waals surface area contributed by atoms with Crippen LogP contribution in [0.5, 0.6) is 5.75 Å². The van der Waals surface area contributed by atoms with Gasteiger partial charge in [-0.05, 0) is 75.2 Å². The lowest BCUT2D eigenvalue weighted by Gasteiger charge is -2.32. The summed E-state index contributed by atoms with van der Waals surface area (Å²) < 4.78 is 18.7. The second-order valence-corrected chi connectivity index (χ2v) is 7.15. The predicted molar refractivity (Wildman–Crippen MR) is 102 cm³/mol. The summed E-state index contributed by atoms with van der Waals surface area (Å²) in [6.45, 7) is 4.92. The van der Waals surface area contributed by atoms with Gasteiger partial charge in [-0.2, -0.15) is 0 Å². The van der Waals surface area contributed by atoms with Gasteiger partial charge in [-0.25, -0.2) is 4.39 Å². The number of likely N-dealkylation sites (tertiary alicyclic amines) is 1. The van der Waals surface area contributed by atoms with E-state index < -0.39 is 0 Å². The van der Waals surface area contributed by atoms with E-state index in [-0.39, 0.29) is 29.5 Å². The molecule has 0 aliphatic carbocycles. The lowest BCUT2D eigenvalue weighted by Crippen LogP contribution is -2.42. The third kappa shape index (κ3) is 4.73. The average Bonchev–Trinajstić information content (AvgIpc) is 2.68. The standard InChI is InChI=1S/C22H24FNO3/c1-15(2)27-20-11-7-17(8-12-20)22(26)24-13-3-4-18(14-24)21(25)16-5-9-19(23)10-6-16/h5-12,15,18H,3-4,13-14H2,1-2H3. The predicted octanol–water partition coefficient (Wildman–Crippen LogP) is 4.35. The largest absolute Gasteiger partial charge is 0.491 e. The van der Waals surface area contributed by atoms with Gasteiger partial charge in [-0.1, -0.05) is 0 Å². The maximum atomic E-state index is 13.1. The molecule has 0 aromatic heterocycles. The molecule has 1 aliphatic heterocycles. The molecule has 1 saturated heterocycles. The van der Waals surface area contributed by atoms with Crippen molar-refractivity contribution in [3.63, 3.8) is 0 Å². The Morgan fingerprint density at radius 1 is 1.04 bits per heavy atom. The van der Waals surface area contributed by atoms with Crippen LogP contribution in [0.15, 0.2) is 48.5 Å². The van der Waals surface area contributed by atoms with E-state index in [0.29, 0.717) is 24.2 Å². The van der Waals surface area contributed by atoms with Crippen LogP contribution in [-0.4, -0.2) is 35.8 Å². The van der Waals surface area contributed by atoms with Crippen molar-refractivity contribution in [1.29, 1.82) is 0 Å². The molecule has 3 rings (SSSR count). The van der Waals surface area contributed by atoms with E-state index in [1.165, 1.54) is 24.3 Å². The zero-order valence-corrected chi connectivity index (χ0v) is 15.7. The molecule has 0 radical (unpaired) electrons. The highest BCUT2D eigenvalue weighted by Crippen LogP contribution is 2.23. The number of nitrogens with zero attached hydrogens (tertiary/aromatic N) is 1. The van der Waals surface area contributed by atoms with Crippen molar-refractivity contribution in [3.05, 3.63) is 65.5 Å². The molecule has 5 heteroatoms. The first-order valence-electron chi connectivity index (χ1n) is 9.30. The first-order chi connectivity index (χ1) is 12.9. The van der Waals surface area contributed by atoms with E-state index in [1.807, 2.05) is 13.8 Å². The number of carbonyl (C=O) groups excluding carboxylic acids is 2. The van der Waals surface area contributed by atoms with Crippen molar-refractivity contribution < 1.29 is 18.7 Å². The Morgan fingerprint density at radius 2 is 1.67 bits per heavy atom. The Hall–Kier alpha value is -2.69. The van der Waals surface area contributed by atoms with Crippen molar-refractivity contribution in [2.45, 2.75) is 32.8 Å². The quantitative estimate of drug-likeness (QED) is 0.736. The Balaban J connectivity index is 1.67. The SMILES string of the molecule is CC(C)Oc1ccc(C(=O)N2CCCC(C(=O)c3ccc(F)cc3)C2)cc1. The minimum absolute atomic E-state index is 0.0341. The number of halogens is 1. The molecule has 27 heavy (non-hydrogen) atoms. The number of rotatable bonds is 5. The van der Waals surface area contributed by atoms with Gasteiger partial charge in [0, 0.05) is 30.1 Å². The van der Waals surface area contributed by atoms with Gasteiger partial charge in [0.05, 0.1) is 6.10 Å². The van der Waals surface area contributed by atoms with Crippen molar-refractivity contribution in [3.8, 4) is 5.75 Å². The van der Waals surface area contributed by atoms with Crippen LogP contribution >= 0.6 is 0 Å². The maximum absolute atomic E-state index is 13.1. The van der Waals surface area contributed by atoms with Gasteiger partial charge in [0.15, 0.2) is 5.78 Å². The topological polar surface area (TPSA) is 46.6 Å². The van der Waals surface area contributed by atoms with E-state index in [9.17, 15) is 14.0 Å². The van der Waals surface area contributed by atoms with Crippen molar-refractivity contribution in [1.82, 2.24) is 4.90 Å². The zero-order chi connectivity index (χ0) is 19.4. The second kappa shape index (κ2) is 8.33. The molecular weight excluding hydrogens is 345 g/mol. The van der Waals surface area contributed by atoms with E-state index in [4.69, 9.17) is 4.74 Å². The first kappa shape index (κ1) is 19.1. The Kier molecular flexibility index (Phi) is 5.89. The summed E-state index contributed by atoms with van der Waals surface area (Å²) in [6.07, 6.45) is 1.59. The molecule has 0 saturated carbocycles. The molecule has 1 fully saturated rings. The van der Waals surface area contributed by atoms with Gasteiger partial charge in [-0.3, -0.25) is 9.59 Å². The summed E-state index contributed by atoms with van der Waals surface area (Å²) >= 11 is 0. The van der Waals surface area contributed by atoms with Crippen LogP contribution in [0.1, 0.15) is 47.4 Å². The molecule has 1 amide bonds. The second-order valence-electron chi connectivity index (χ2n) is 7.15. The van der Waals surface area contributed by atoms with Crippen LogP contribution < -0.4 is 4.74 Å². The zero-order valence-electron chi connectivity index (χ0n) is 15.7. The summed E-state index contributed by atoms with van der Waals surface area (Å²) in [5.41, 5.74) is 1.08. The molecule has 1 heterocycles. The molecule has 0 bridgehead atoms. The highest BCUT2D eigenvalue weighted by atomic mass is 19.1. The van der Waals surface area contributed by atoms with Crippen molar-refractivity contribution in [2.75, 3.05) is 13.1 Å². The van der Waals surface area contributed by atoms with E-state index in [2.05, 4.69) is 0 Å². The Labute approximate surface area is 158 Å². The summed E-state index contributed by atoms with van der Waals surface area (Å²) in [5.74, 6) is -0.00552. The highest BCUT2D eigenvalue weighted by Gasteiger charge is 2.29.